The second kappa shape index (κ2) is 6.07. The molecule has 0 N–H and O–H groups in total. The van der Waals surface area contributed by atoms with Crippen molar-refractivity contribution in [2.45, 2.75) is 39.4 Å². The summed E-state index contributed by atoms with van der Waals surface area (Å²) in [6.07, 6.45) is 0.753. The maximum atomic E-state index is 12.3. The molecule has 4 nitrogen and oxygen atoms in total. The van der Waals surface area contributed by atoms with Crippen LogP contribution in [0.1, 0.15) is 27.2 Å². The monoisotopic (exact) mass is 252 g/mol. The molecule has 1 unspecified atom stereocenters. The minimum atomic E-state index is -0.827. The topological polar surface area (TPSA) is 52.6 Å². The molecule has 0 bridgehead atoms. The van der Waals surface area contributed by atoms with Gasteiger partial charge in [-0.2, -0.15) is 0 Å². The second-order valence-electron chi connectivity index (χ2n) is 4.63. The summed E-state index contributed by atoms with van der Waals surface area (Å²) in [5.74, 6) is -0.319. The maximum absolute atomic E-state index is 12.3. The maximum Gasteiger partial charge on any atom is 0.191 e. The molecule has 0 aromatic heterocycles. The van der Waals surface area contributed by atoms with Gasteiger partial charge in [0.05, 0.1) is 0 Å². The van der Waals surface area contributed by atoms with Crippen LogP contribution in [-0.2, 0) is 19.1 Å². The molecular formula is C14H20O4. The average molecular weight is 252 g/mol. The zero-order valence-electron chi connectivity index (χ0n) is 11.6. The fourth-order valence-electron chi connectivity index (χ4n) is 2.01. The molecule has 1 aliphatic rings. The van der Waals surface area contributed by atoms with E-state index < -0.39 is 12.2 Å². The summed E-state index contributed by atoms with van der Waals surface area (Å²) in [6, 6.07) is 0. The van der Waals surface area contributed by atoms with Crippen LogP contribution in [0.25, 0.3) is 0 Å². The van der Waals surface area contributed by atoms with Gasteiger partial charge in [0, 0.05) is 25.4 Å². The summed E-state index contributed by atoms with van der Waals surface area (Å²) in [5.41, 5.74) is 2.12. The van der Waals surface area contributed by atoms with Crippen molar-refractivity contribution in [1.29, 1.82) is 0 Å². The van der Waals surface area contributed by atoms with Crippen molar-refractivity contribution >= 4 is 11.6 Å². The van der Waals surface area contributed by atoms with Crippen LogP contribution in [-0.4, -0.2) is 38.0 Å². The molecule has 0 aromatic rings. The SMILES string of the molecule is COC1C(=O)C(CC=C(C)C)=C(C)C(=O)[C@@H]1OC. The minimum absolute atomic E-state index is 0.154. The molecule has 1 aliphatic carbocycles. The number of allylic oxidation sites excluding steroid dienone is 2. The fourth-order valence-corrected chi connectivity index (χ4v) is 2.01. The van der Waals surface area contributed by atoms with Crippen LogP contribution in [0.15, 0.2) is 22.8 Å². The van der Waals surface area contributed by atoms with Crippen LogP contribution in [0.3, 0.4) is 0 Å². The Kier molecular flexibility index (Phi) is 4.99. The third kappa shape index (κ3) is 2.76. The van der Waals surface area contributed by atoms with E-state index in [0.717, 1.165) is 5.57 Å². The predicted molar refractivity (Wildman–Crippen MR) is 68.4 cm³/mol. The first-order chi connectivity index (χ1) is 8.43. The summed E-state index contributed by atoms with van der Waals surface area (Å²) in [5, 5.41) is 0. The number of rotatable bonds is 4. The van der Waals surface area contributed by atoms with E-state index in [9.17, 15) is 9.59 Å². The van der Waals surface area contributed by atoms with Gasteiger partial charge >= 0.3 is 0 Å². The number of ether oxygens (including phenoxy) is 2. The lowest BCUT2D eigenvalue weighted by Gasteiger charge is -2.29. The molecule has 0 aromatic carbocycles. The molecule has 4 heteroatoms. The first-order valence-corrected chi connectivity index (χ1v) is 5.91. The normalized spacial score (nSPS) is 24.5. The second-order valence-corrected chi connectivity index (χ2v) is 4.63. The van der Waals surface area contributed by atoms with E-state index in [-0.39, 0.29) is 11.6 Å². The summed E-state index contributed by atoms with van der Waals surface area (Å²) < 4.78 is 10.2. The van der Waals surface area contributed by atoms with Crippen LogP contribution < -0.4 is 0 Å². The Labute approximate surface area is 108 Å². The molecule has 0 radical (unpaired) electrons. The molecule has 2 atom stereocenters. The predicted octanol–water partition coefficient (Wildman–Crippen LogP) is 1.84. The van der Waals surface area contributed by atoms with Gasteiger partial charge in [0.1, 0.15) is 0 Å². The standard InChI is InChI=1S/C14H20O4/c1-8(2)6-7-10-9(3)11(15)13(17-4)14(18-5)12(10)16/h6,13-14H,7H2,1-5H3/t13-,14?/m0/s1. The molecule has 1 rings (SSSR count). The average Bonchev–Trinajstić information content (AvgIpc) is 2.32. The third-order valence-electron chi connectivity index (χ3n) is 3.13. The molecule has 18 heavy (non-hydrogen) atoms. The number of methoxy groups -OCH3 is 2. The van der Waals surface area contributed by atoms with Gasteiger partial charge in [-0.25, -0.2) is 0 Å². The molecule has 0 fully saturated rings. The molecule has 0 heterocycles. The largest absolute Gasteiger partial charge is 0.370 e. The number of hydrogen-bond donors (Lipinski definition) is 0. The Balaban J connectivity index is 3.15. The molecule has 0 spiro atoms. The molecule has 0 amide bonds. The van der Waals surface area contributed by atoms with Crippen molar-refractivity contribution in [3.63, 3.8) is 0 Å². The highest BCUT2D eigenvalue weighted by molar-refractivity contribution is 6.16. The van der Waals surface area contributed by atoms with E-state index in [1.807, 2.05) is 19.9 Å². The lowest BCUT2D eigenvalue weighted by atomic mass is 9.84. The number of ketones is 2. The molecule has 0 saturated carbocycles. The van der Waals surface area contributed by atoms with Crippen molar-refractivity contribution in [2.75, 3.05) is 14.2 Å². The van der Waals surface area contributed by atoms with Crippen molar-refractivity contribution in [1.82, 2.24) is 0 Å². The van der Waals surface area contributed by atoms with Crippen LogP contribution in [0, 0.1) is 0 Å². The smallest absolute Gasteiger partial charge is 0.191 e. The molecular weight excluding hydrogens is 232 g/mol. The molecule has 0 aliphatic heterocycles. The van der Waals surface area contributed by atoms with Gasteiger partial charge in [-0.3, -0.25) is 9.59 Å². The van der Waals surface area contributed by atoms with Crippen LogP contribution in [0.4, 0.5) is 0 Å². The highest BCUT2D eigenvalue weighted by Gasteiger charge is 2.41. The van der Waals surface area contributed by atoms with Crippen LogP contribution in [0.2, 0.25) is 0 Å². The van der Waals surface area contributed by atoms with E-state index in [0.29, 0.717) is 17.6 Å². The highest BCUT2D eigenvalue weighted by Crippen LogP contribution is 2.26. The van der Waals surface area contributed by atoms with E-state index >= 15 is 0 Å². The Bertz CT molecular complexity index is 414. The zero-order chi connectivity index (χ0) is 13.9. The lowest BCUT2D eigenvalue weighted by molar-refractivity contribution is -0.146. The number of carbonyl (C=O) groups is 2. The van der Waals surface area contributed by atoms with Crippen molar-refractivity contribution < 1.29 is 19.1 Å². The first-order valence-electron chi connectivity index (χ1n) is 5.91. The summed E-state index contributed by atoms with van der Waals surface area (Å²) in [4.78, 5) is 24.3. The van der Waals surface area contributed by atoms with E-state index in [1.54, 1.807) is 6.92 Å². The van der Waals surface area contributed by atoms with Gasteiger partial charge in [-0.15, -0.1) is 0 Å². The van der Waals surface area contributed by atoms with Crippen molar-refractivity contribution in [3.05, 3.63) is 22.8 Å². The summed E-state index contributed by atoms with van der Waals surface area (Å²) in [6.45, 7) is 5.58. The van der Waals surface area contributed by atoms with Gasteiger partial charge in [0.15, 0.2) is 23.8 Å². The summed E-state index contributed by atoms with van der Waals surface area (Å²) >= 11 is 0. The van der Waals surface area contributed by atoms with Gasteiger partial charge in [0.25, 0.3) is 0 Å². The van der Waals surface area contributed by atoms with Crippen LogP contribution >= 0.6 is 0 Å². The number of carbonyl (C=O) groups excluding carboxylic acids is 2. The first kappa shape index (κ1) is 14.8. The third-order valence-corrected chi connectivity index (χ3v) is 3.13. The van der Waals surface area contributed by atoms with E-state index in [2.05, 4.69) is 0 Å². The van der Waals surface area contributed by atoms with Crippen molar-refractivity contribution in [3.8, 4) is 0 Å². The quantitative estimate of drug-likeness (QED) is 0.716. The van der Waals surface area contributed by atoms with Crippen molar-refractivity contribution in [2.24, 2.45) is 0 Å². The van der Waals surface area contributed by atoms with E-state index in [4.69, 9.17) is 9.47 Å². The fraction of sp³-hybridized carbons (Fsp3) is 0.571. The van der Waals surface area contributed by atoms with Gasteiger partial charge in [0.2, 0.25) is 0 Å². The van der Waals surface area contributed by atoms with Gasteiger partial charge < -0.3 is 9.47 Å². The zero-order valence-corrected chi connectivity index (χ0v) is 11.6. The Hall–Kier alpha value is -1.26. The van der Waals surface area contributed by atoms with E-state index in [1.165, 1.54) is 14.2 Å². The number of hydrogen-bond acceptors (Lipinski definition) is 4. The Morgan fingerprint density at radius 2 is 1.61 bits per heavy atom. The Morgan fingerprint density at radius 3 is 2.06 bits per heavy atom. The van der Waals surface area contributed by atoms with Gasteiger partial charge in [-0.1, -0.05) is 11.6 Å². The summed E-state index contributed by atoms with van der Waals surface area (Å²) in [7, 11) is 2.83. The lowest BCUT2D eigenvalue weighted by Crippen LogP contribution is -2.47. The minimum Gasteiger partial charge on any atom is -0.370 e. The van der Waals surface area contributed by atoms with Gasteiger partial charge in [-0.05, 0) is 27.2 Å². The van der Waals surface area contributed by atoms with Crippen LogP contribution in [0.5, 0.6) is 0 Å². The molecule has 0 saturated heterocycles. The Morgan fingerprint density at radius 1 is 1.11 bits per heavy atom. The number of Topliss-reactive ketones (excluding diaryl/α,β-unsaturated/α-hetero) is 2. The highest BCUT2D eigenvalue weighted by atomic mass is 16.5. The molecule has 100 valence electrons.